The van der Waals surface area contributed by atoms with E-state index in [9.17, 15) is 4.79 Å². The Morgan fingerprint density at radius 2 is 2.55 bits per heavy atom. The predicted molar refractivity (Wildman–Crippen MR) is 44.8 cm³/mol. The number of allylic oxidation sites excluding steroid dienone is 4. The van der Waals surface area contributed by atoms with Crippen molar-refractivity contribution in [1.29, 1.82) is 0 Å². The Balaban J connectivity index is 2.74. The van der Waals surface area contributed by atoms with Crippen LogP contribution >= 0.6 is 0 Å². The molecule has 1 atom stereocenters. The van der Waals surface area contributed by atoms with Gasteiger partial charge in [0, 0.05) is 5.92 Å². The maximum atomic E-state index is 10.9. The first-order chi connectivity index (χ1) is 5.24. The standard InChI is InChI=1S/C10H10O/c1-3-9-5-4-6-10(7-9)8(2)11/h1,4-6,9H,7H2,2H3. The van der Waals surface area contributed by atoms with Crippen molar-refractivity contribution in [2.24, 2.45) is 5.92 Å². The second-order valence-electron chi connectivity index (χ2n) is 2.61. The Bertz CT molecular complexity index is 263. The maximum Gasteiger partial charge on any atom is 0.155 e. The third-order valence-electron chi connectivity index (χ3n) is 1.75. The highest BCUT2D eigenvalue weighted by Crippen LogP contribution is 2.17. The van der Waals surface area contributed by atoms with Crippen LogP contribution in [-0.4, -0.2) is 5.78 Å². The van der Waals surface area contributed by atoms with Crippen molar-refractivity contribution >= 4 is 5.78 Å². The van der Waals surface area contributed by atoms with Gasteiger partial charge in [-0.05, 0) is 18.9 Å². The van der Waals surface area contributed by atoms with Crippen LogP contribution in [0.25, 0.3) is 0 Å². The van der Waals surface area contributed by atoms with Gasteiger partial charge in [-0.15, -0.1) is 6.42 Å². The van der Waals surface area contributed by atoms with Gasteiger partial charge in [0.25, 0.3) is 0 Å². The number of hydrogen-bond donors (Lipinski definition) is 0. The molecule has 1 aliphatic carbocycles. The molecule has 0 radical (unpaired) electrons. The van der Waals surface area contributed by atoms with Gasteiger partial charge in [0.15, 0.2) is 5.78 Å². The van der Waals surface area contributed by atoms with Crippen LogP contribution in [-0.2, 0) is 4.79 Å². The van der Waals surface area contributed by atoms with Gasteiger partial charge in [0.1, 0.15) is 0 Å². The summed E-state index contributed by atoms with van der Waals surface area (Å²) in [5, 5.41) is 0. The average molecular weight is 146 g/mol. The summed E-state index contributed by atoms with van der Waals surface area (Å²) < 4.78 is 0. The maximum absolute atomic E-state index is 10.9. The Kier molecular flexibility index (Phi) is 2.28. The number of carbonyl (C=O) groups excluding carboxylic acids is 1. The SMILES string of the molecule is C#CC1C=CC=C(C(C)=O)C1. The van der Waals surface area contributed by atoms with E-state index < -0.39 is 0 Å². The quantitative estimate of drug-likeness (QED) is 0.515. The highest BCUT2D eigenvalue weighted by molar-refractivity contribution is 5.93. The van der Waals surface area contributed by atoms with Gasteiger partial charge in [0.05, 0.1) is 0 Å². The Morgan fingerprint density at radius 3 is 3.09 bits per heavy atom. The normalized spacial score (nSPS) is 22.2. The molecule has 0 fully saturated rings. The van der Waals surface area contributed by atoms with Crippen LogP contribution in [0, 0.1) is 18.3 Å². The van der Waals surface area contributed by atoms with E-state index in [1.54, 1.807) is 6.92 Å². The minimum atomic E-state index is 0.110. The van der Waals surface area contributed by atoms with Crippen molar-refractivity contribution in [2.75, 3.05) is 0 Å². The van der Waals surface area contributed by atoms with Gasteiger partial charge in [-0.3, -0.25) is 4.79 Å². The fraction of sp³-hybridized carbons (Fsp3) is 0.300. The van der Waals surface area contributed by atoms with Crippen LogP contribution in [0.1, 0.15) is 13.3 Å². The minimum absolute atomic E-state index is 0.110. The molecule has 0 amide bonds. The van der Waals surface area contributed by atoms with Gasteiger partial charge in [0.2, 0.25) is 0 Å². The van der Waals surface area contributed by atoms with E-state index >= 15 is 0 Å². The molecule has 0 heterocycles. The van der Waals surface area contributed by atoms with Gasteiger partial charge >= 0.3 is 0 Å². The lowest BCUT2D eigenvalue weighted by Crippen LogP contribution is -2.05. The summed E-state index contributed by atoms with van der Waals surface area (Å²) in [4.78, 5) is 10.9. The van der Waals surface area contributed by atoms with Crippen LogP contribution in [0.15, 0.2) is 23.8 Å². The lowest BCUT2D eigenvalue weighted by atomic mass is 9.93. The fourth-order valence-electron chi connectivity index (χ4n) is 1.05. The van der Waals surface area contributed by atoms with Gasteiger partial charge in [-0.1, -0.05) is 24.1 Å². The second-order valence-corrected chi connectivity index (χ2v) is 2.61. The summed E-state index contributed by atoms with van der Waals surface area (Å²) in [5.74, 6) is 2.84. The van der Waals surface area contributed by atoms with Crippen LogP contribution in [0.2, 0.25) is 0 Å². The zero-order chi connectivity index (χ0) is 8.27. The molecule has 1 aliphatic rings. The van der Waals surface area contributed by atoms with Crippen molar-refractivity contribution in [3.8, 4) is 12.3 Å². The smallest absolute Gasteiger partial charge is 0.155 e. The molecule has 11 heavy (non-hydrogen) atoms. The summed E-state index contributed by atoms with van der Waals surface area (Å²) in [7, 11) is 0. The van der Waals surface area contributed by atoms with Gasteiger partial charge in [-0.2, -0.15) is 0 Å². The number of terminal acetylenes is 1. The molecule has 0 saturated carbocycles. The molecule has 0 aromatic carbocycles. The number of Topliss-reactive ketones (excluding diaryl/α,β-unsaturated/α-hetero) is 1. The monoisotopic (exact) mass is 146 g/mol. The van der Waals surface area contributed by atoms with E-state index in [-0.39, 0.29) is 11.7 Å². The minimum Gasteiger partial charge on any atom is -0.295 e. The molecule has 0 aromatic heterocycles. The van der Waals surface area contributed by atoms with E-state index in [1.807, 2.05) is 18.2 Å². The molecule has 0 saturated heterocycles. The highest BCUT2D eigenvalue weighted by atomic mass is 16.1. The molecule has 0 aromatic rings. The molecular formula is C10H10O. The summed E-state index contributed by atoms with van der Waals surface area (Å²) >= 11 is 0. The molecule has 1 heteroatoms. The van der Waals surface area contributed by atoms with Crippen molar-refractivity contribution in [3.05, 3.63) is 23.8 Å². The largest absolute Gasteiger partial charge is 0.295 e. The Labute approximate surface area is 66.8 Å². The number of rotatable bonds is 1. The topological polar surface area (TPSA) is 17.1 Å². The molecule has 0 aliphatic heterocycles. The fourth-order valence-corrected chi connectivity index (χ4v) is 1.05. The average Bonchev–Trinajstić information content (AvgIpc) is 2.05. The van der Waals surface area contributed by atoms with Crippen LogP contribution < -0.4 is 0 Å². The van der Waals surface area contributed by atoms with E-state index in [2.05, 4.69) is 5.92 Å². The van der Waals surface area contributed by atoms with Crippen LogP contribution in [0.4, 0.5) is 0 Å². The lowest BCUT2D eigenvalue weighted by Gasteiger charge is -2.10. The zero-order valence-corrected chi connectivity index (χ0v) is 6.50. The van der Waals surface area contributed by atoms with Crippen molar-refractivity contribution in [3.63, 3.8) is 0 Å². The van der Waals surface area contributed by atoms with Gasteiger partial charge < -0.3 is 0 Å². The number of ketones is 1. The summed E-state index contributed by atoms with van der Waals surface area (Å²) in [6.45, 7) is 1.57. The number of hydrogen-bond acceptors (Lipinski definition) is 1. The summed E-state index contributed by atoms with van der Waals surface area (Å²) in [6.07, 6.45) is 11.5. The predicted octanol–water partition coefficient (Wildman–Crippen LogP) is 1.71. The Hall–Kier alpha value is -1.29. The van der Waals surface area contributed by atoms with Gasteiger partial charge in [-0.25, -0.2) is 0 Å². The molecule has 1 unspecified atom stereocenters. The zero-order valence-electron chi connectivity index (χ0n) is 6.50. The van der Waals surface area contributed by atoms with Crippen molar-refractivity contribution < 1.29 is 4.79 Å². The molecule has 56 valence electrons. The van der Waals surface area contributed by atoms with E-state index in [4.69, 9.17) is 6.42 Å². The second kappa shape index (κ2) is 3.21. The summed E-state index contributed by atoms with van der Waals surface area (Å²) in [5.41, 5.74) is 0.829. The first-order valence-corrected chi connectivity index (χ1v) is 3.58. The first kappa shape index (κ1) is 7.81. The molecule has 0 bridgehead atoms. The van der Waals surface area contributed by atoms with E-state index in [0.717, 1.165) is 5.57 Å². The van der Waals surface area contributed by atoms with Crippen LogP contribution in [0.5, 0.6) is 0 Å². The van der Waals surface area contributed by atoms with Crippen molar-refractivity contribution in [2.45, 2.75) is 13.3 Å². The molecular weight excluding hydrogens is 136 g/mol. The Morgan fingerprint density at radius 1 is 1.82 bits per heavy atom. The van der Waals surface area contributed by atoms with Crippen LogP contribution in [0.3, 0.4) is 0 Å². The molecule has 0 N–H and O–H groups in total. The lowest BCUT2D eigenvalue weighted by molar-refractivity contribution is -0.113. The van der Waals surface area contributed by atoms with Crippen molar-refractivity contribution in [1.82, 2.24) is 0 Å². The molecule has 1 rings (SSSR count). The molecule has 0 spiro atoms. The highest BCUT2D eigenvalue weighted by Gasteiger charge is 2.11. The number of carbonyl (C=O) groups is 1. The third kappa shape index (κ3) is 1.81. The van der Waals surface area contributed by atoms with E-state index in [0.29, 0.717) is 6.42 Å². The van der Waals surface area contributed by atoms with E-state index in [1.165, 1.54) is 0 Å². The molecule has 1 nitrogen and oxygen atoms in total. The third-order valence-corrected chi connectivity index (χ3v) is 1.75. The first-order valence-electron chi connectivity index (χ1n) is 3.58. The summed E-state index contributed by atoms with van der Waals surface area (Å²) in [6, 6.07) is 0.